The molecule has 2 heterocycles. The van der Waals surface area contributed by atoms with Crippen molar-refractivity contribution in [3.05, 3.63) is 29.3 Å². The Morgan fingerprint density at radius 2 is 2.44 bits per heavy atom. The molecule has 0 atom stereocenters. The highest BCUT2D eigenvalue weighted by Gasteiger charge is 2.23. The summed E-state index contributed by atoms with van der Waals surface area (Å²) in [6.07, 6.45) is 5.35. The highest BCUT2D eigenvalue weighted by Crippen LogP contribution is 2.31. The highest BCUT2D eigenvalue weighted by atomic mass is 32.1. The summed E-state index contributed by atoms with van der Waals surface area (Å²) in [6, 6.07) is 3.98. The third kappa shape index (κ3) is 1.80. The Labute approximate surface area is 97.7 Å². The van der Waals surface area contributed by atoms with Crippen LogP contribution in [0.5, 0.6) is 0 Å². The first-order valence-corrected chi connectivity index (χ1v) is 6.31. The Morgan fingerprint density at radius 1 is 1.56 bits per heavy atom. The number of carbonyl (C=O) groups is 1. The standard InChI is InChI=1S/C12H12N2OS/c15-8-10-7-14(6-9-3-4-9)13-12(10)11-2-1-5-16-11/h1-2,5,7-9H,3-4,6H2. The number of rotatable bonds is 4. The Balaban J connectivity index is 1.95. The van der Waals surface area contributed by atoms with Crippen LogP contribution >= 0.6 is 11.3 Å². The van der Waals surface area contributed by atoms with Crippen molar-refractivity contribution in [1.82, 2.24) is 9.78 Å². The van der Waals surface area contributed by atoms with Crippen molar-refractivity contribution in [3.63, 3.8) is 0 Å². The smallest absolute Gasteiger partial charge is 0.153 e. The fraction of sp³-hybridized carbons (Fsp3) is 0.333. The van der Waals surface area contributed by atoms with Crippen LogP contribution in [0.1, 0.15) is 23.2 Å². The summed E-state index contributed by atoms with van der Waals surface area (Å²) >= 11 is 1.62. The molecule has 0 amide bonds. The Morgan fingerprint density at radius 3 is 3.06 bits per heavy atom. The quantitative estimate of drug-likeness (QED) is 0.760. The van der Waals surface area contributed by atoms with E-state index < -0.39 is 0 Å². The molecule has 0 saturated heterocycles. The molecule has 0 N–H and O–H groups in total. The van der Waals surface area contributed by atoms with Gasteiger partial charge in [-0.15, -0.1) is 11.3 Å². The van der Waals surface area contributed by atoms with E-state index in [-0.39, 0.29) is 0 Å². The van der Waals surface area contributed by atoms with Gasteiger partial charge in [0.15, 0.2) is 6.29 Å². The van der Waals surface area contributed by atoms with E-state index >= 15 is 0 Å². The lowest BCUT2D eigenvalue weighted by molar-refractivity contribution is 0.112. The van der Waals surface area contributed by atoms with Crippen LogP contribution in [0.25, 0.3) is 10.6 Å². The molecular weight excluding hydrogens is 220 g/mol. The van der Waals surface area contributed by atoms with Gasteiger partial charge in [0.1, 0.15) is 5.69 Å². The topological polar surface area (TPSA) is 34.9 Å². The number of hydrogen-bond acceptors (Lipinski definition) is 3. The van der Waals surface area contributed by atoms with E-state index in [0.717, 1.165) is 29.3 Å². The molecule has 0 unspecified atom stereocenters. The van der Waals surface area contributed by atoms with Crippen LogP contribution in [-0.2, 0) is 6.54 Å². The largest absolute Gasteiger partial charge is 0.298 e. The average molecular weight is 232 g/mol. The summed E-state index contributed by atoms with van der Waals surface area (Å²) in [5.74, 6) is 0.774. The van der Waals surface area contributed by atoms with Gasteiger partial charge in [0, 0.05) is 12.7 Å². The minimum atomic E-state index is 0.697. The van der Waals surface area contributed by atoms with Crippen LogP contribution in [0.3, 0.4) is 0 Å². The molecule has 0 spiro atoms. The van der Waals surface area contributed by atoms with E-state index in [1.807, 2.05) is 28.4 Å². The van der Waals surface area contributed by atoms with E-state index in [2.05, 4.69) is 5.10 Å². The second-order valence-corrected chi connectivity index (χ2v) is 5.14. The summed E-state index contributed by atoms with van der Waals surface area (Å²) < 4.78 is 1.91. The van der Waals surface area contributed by atoms with Crippen molar-refractivity contribution in [2.45, 2.75) is 19.4 Å². The SMILES string of the molecule is O=Cc1cn(CC2CC2)nc1-c1cccs1. The maximum absolute atomic E-state index is 11.0. The van der Waals surface area contributed by atoms with Crippen LogP contribution in [0.15, 0.2) is 23.7 Å². The average Bonchev–Trinajstić information content (AvgIpc) is 2.83. The number of aldehydes is 1. The maximum atomic E-state index is 11.0. The summed E-state index contributed by atoms with van der Waals surface area (Å²) in [5.41, 5.74) is 1.52. The molecule has 1 aliphatic rings. The Kier molecular flexibility index (Phi) is 2.36. The predicted octanol–water partition coefficient (Wildman–Crippen LogP) is 2.83. The number of thiophene rings is 1. The molecule has 4 heteroatoms. The minimum Gasteiger partial charge on any atom is -0.298 e. The highest BCUT2D eigenvalue weighted by molar-refractivity contribution is 7.13. The normalized spacial score (nSPS) is 15.2. The molecule has 2 aromatic rings. The summed E-state index contributed by atoms with van der Waals surface area (Å²) in [4.78, 5) is 12.1. The summed E-state index contributed by atoms with van der Waals surface area (Å²) in [5, 5.41) is 6.50. The van der Waals surface area contributed by atoms with E-state index in [9.17, 15) is 4.79 Å². The van der Waals surface area contributed by atoms with Gasteiger partial charge in [-0.25, -0.2) is 0 Å². The minimum absolute atomic E-state index is 0.697. The second kappa shape index (κ2) is 3.87. The molecule has 0 aromatic carbocycles. The van der Waals surface area contributed by atoms with Gasteiger partial charge in [-0.2, -0.15) is 5.10 Å². The zero-order valence-electron chi connectivity index (χ0n) is 8.80. The monoisotopic (exact) mass is 232 g/mol. The van der Waals surface area contributed by atoms with Gasteiger partial charge in [0.25, 0.3) is 0 Å². The molecule has 0 bridgehead atoms. The fourth-order valence-corrected chi connectivity index (χ4v) is 2.52. The number of nitrogens with zero attached hydrogens (tertiary/aromatic N) is 2. The van der Waals surface area contributed by atoms with Crippen LogP contribution < -0.4 is 0 Å². The molecule has 0 radical (unpaired) electrons. The van der Waals surface area contributed by atoms with Gasteiger partial charge in [0.2, 0.25) is 0 Å². The van der Waals surface area contributed by atoms with E-state index in [0.29, 0.717) is 5.56 Å². The predicted molar refractivity (Wildman–Crippen MR) is 63.7 cm³/mol. The lowest BCUT2D eigenvalue weighted by Gasteiger charge is -1.96. The molecular formula is C12H12N2OS. The first-order chi connectivity index (χ1) is 7.86. The Hall–Kier alpha value is -1.42. The maximum Gasteiger partial charge on any atom is 0.153 e. The fourth-order valence-electron chi connectivity index (χ4n) is 1.79. The number of hydrogen-bond donors (Lipinski definition) is 0. The molecule has 3 rings (SSSR count). The van der Waals surface area contributed by atoms with Gasteiger partial charge < -0.3 is 0 Å². The third-order valence-corrected chi connectivity index (χ3v) is 3.69. The first kappa shape index (κ1) is 9.78. The van der Waals surface area contributed by atoms with Gasteiger partial charge in [-0.05, 0) is 30.2 Å². The van der Waals surface area contributed by atoms with Gasteiger partial charge in [-0.3, -0.25) is 9.48 Å². The number of carbonyl (C=O) groups excluding carboxylic acids is 1. The van der Waals surface area contributed by atoms with Crippen molar-refractivity contribution in [2.75, 3.05) is 0 Å². The van der Waals surface area contributed by atoms with Crippen molar-refractivity contribution in [2.24, 2.45) is 5.92 Å². The van der Waals surface area contributed by atoms with Crippen LogP contribution in [0, 0.1) is 5.92 Å². The van der Waals surface area contributed by atoms with Gasteiger partial charge >= 0.3 is 0 Å². The van der Waals surface area contributed by atoms with E-state index in [1.54, 1.807) is 11.3 Å². The lowest BCUT2D eigenvalue weighted by Crippen LogP contribution is -1.99. The van der Waals surface area contributed by atoms with Crippen molar-refractivity contribution in [3.8, 4) is 10.6 Å². The molecule has 0 aliphatic heterocycles. The molecule has 3 nitrogen and oxygen atoms in total. The van der Waals surface area contributed by atoms with Gasteiger partial charge in [-0.1, -0.05) is 6.07 Å². The summed E-state index contributed by atoms with van der Waals surface area (Å²) in [7, 11) is 0. The molecule has 82 valence electrons. The molecule has 16 heavy (non-hydrogen) atoms. The van der Waals surface area contributed by atoms with Crippen molar-refractivity contribution >= 4 is 17.6 Å². The Bertz CT molecular complexity index is 497. The molecule has 2 aromatic heterocycles. The lowest BCUT2D eigenvalue weighted by atomic mass is 10.2. The van der Waals surface area contributed by atoms with Crippen molar-refractivity contribution in [1.29, 1.82) is 0 Å². The van der Waals surface area contributed by atoms with Crippen LogP contribution in [0.2, 0.25) is 0 Å². The molecule has 1 fully saturated rings. The number of aromatic nitrogens is 2. The van der Waals surface area contributed by atoms with Gasteiger partial charge in [0.05, 0.1) is 10.4 Å². The molecule has 1 aliphatic carbocycles. The first-order valence-electron chi connectivity index (χ1n) is 5.43. The van der Waals surface area contributed by atoms with E-state index in [1.165, 1.54) is 12.8 Å². The third-order valence-electron chi connectivity index (χ3n) is 2.81. The van der Waals surface area contributed by atoms with Crippen LogP contribution in [0.4, 0.5) is 0 Å². The second-order valence-electron chi connectivity index (χ2n) is 4.19. The van der Waals surface area contributed by atoms with Crippen molar-refractivity contribution < 1.29 is 4.79 Å². The van der Waals surface area contributed by atoms with Crippen LogP contribution in [-0.4, -0.2) is 16.1 Å². The summed E-state index contributed by atoms with van der Waals surface area (Å²) in [6.45, 7) is 0.951. The zero-order chi connectivity index (χ0) is 11.0. The van der Waals surface area contributed by atoms with E-state index in [4.69, 9.17) is 0 Å². The molecule has 1 saturated carbocycles. The zero-order valence-corrected chi connectivity index (χ0v) is 9.61.